The van der Waals surface area contributed by atoms with Gasteiger partial charge in [0.15, 0.2) is 0 Å². The van der Waals surface area contributed by atoms with Crippen molar-refractivity contribution in [2.75, 3.05) is 25.9 Å². The molecule has 1 aromatic rings. The molecule has 1 aliphatic heterocycles. The predicted octanol–water partition coefficient (Wildman–Crippen LogP) is 0.952. The molecule has 2 rings (SSSR count). The molecule has 2 N–H and O–H groups in total. The number of benzene rings is 1. The molecule has 1 aliphatic rings. The molecule has 22 heavy (non-hydrogen) atoms. The fourth-order valence-electron chi connectivity index (χ4n) is 2.56. The van der Waals surface area contributed by atoms with Gasteiger partial charge in [0.25, 0.3) is 0 Å². The zero-order valence-corrected chi connectivity index (χ0v) is 13.6. The van der Waals surface area contributed by atoms with E-state index >= 15 is 0 Å². The predicted molar refractivity (Wildman–Crippen MR) is 86.1 cm³/mol. The normalized spacial score (nSPS) is 19.6. The number of urea groups is 1. The van der Waals surface area contributed by atoms with Crippen LogP contribution in [0.3, 0.4) is 0 Å². The van der Waals surface area contributed by atoms with Crippen LogP contribution in [0.15, 0.2) is 30.3 Å². The molecule has 0 aliphatic carbocycles. The highest BCUT2D eigenvalue weighted by Gasteiger charge is 2.26. The van der Waals surface area contributed by atoms with Gasteiger partial charge >= 0.3 is 6.03 Å². The van der Waals surface area contributed by atoms with Gasteiger partial charge in [0.05, 0.1) is 6.26 Å². The molecule has 7 heteroatoms. The molecular weight excluding hydrogens is 302 g/mol. The van der Waals surface area contributed by atoms with E-state index in [1.54, 1.807) is 0 Å². The maximum atomic E-state index is 11.9. The molecular formula is C15H23N3O3S. The lowest BCUT2D eigenvalue weighted by molar-refractivity contribution is 0.226. The van der Waals surface area contributed by atoms with Gasteiger partial charge < -0.3 is 10.6 Å². The lowest BCUT2D eigenvalue weighted by Gasteiger charge is -2.31. The number of nitrogens with zero attached hydrogens (tertiary/aromatic N) is 1. The Balaban J connectivity index is 1.72. The second-order valence-corrected chi connectivity index (χ2v) is 7.58. The summed E-state index contributed by atoms with van der Waals surface area (Å²) < 4.78 is 24.5. The Morgan fingerprint density at radius 3 is 2.73 bits per heavy atom. The van der Waals surface area contributed by atoms with Gasteiger partial charge in [-0.3, -0.25) is 0 Å². The molecule has 0 aromatic heterocycles. The van der Waals surface area contributed by atoms with Gasteiger partial charge in [-0.1, -0.05) is 30.3 Å². The van der Waals surface area contributed by atoms with E-state index in [9.17, 15) is 13.2 Å². The first kappa shape index (κ1) is 16.8. The maximum Gasteiger partial charge on any atom is 0.315 e. The van der Waals surface area contributed by atoms with E-state index in [0.29, 0.717) is 19.6 Å². The minimum Gasteiger partial charge on any atom is -0.338 e. The average Bonchev–Trinajstić information content (AvgIpc) is 2.48. The molecule has 122 valence electrons. The smallest absolute Gasteiger partial charge is 0.315 e. The van der Waals surface area contributed by atoms with Crippen LogP contribution in [0.1, 0.15) is 18.4 Å². The number of carbonyl (C=O) groups excluding carboxylic acids is 1. The Hall–Kier alpha value is -1.60. The minimum absolute atomic E-state index is 0.125. The Labute approximate surface area is 131 Å². The van der Waals surface area contributed by atoms with Crippen molar-refractivity contribution in [2.24, 2.45) is 0 Å². The SMILES string of the molecule is CS(=O)(=O)N1CCCC(NC(=O)NCCc2ccccc2)C1. The number of hydrogen-bond donors (Lipinski definition) is 2. The summed E-state index contributed by atoms with van der Waals surface area (Å²) in [7, 11) is -3.19. The van der Waals surface area contributed by atoms with Crippen molar-refractivity contribution >= 4 is 16.1 Å². The van der Waals surface area contributed by atoms with E-state index in [2.05, 4.69) is 10.6 Å². The summed E-state index contributed by atoms with van der Waals surface area (Å²) in [6.45, 7) is 1.44. The van der Waals surface area contributed by atoms with Crippen LogP contribution in [-0.2, 0) is 16.4 Å². The van der Waals surface area contributed by atoms with Gasteiger partial charge in [0.2, 0.25) is 10.0 Å². The van der Waals surface area contributed by atoms with Gasteiger partial charge in [-0.05, 0) is 24.8 Å². The lowest BCUT2D eigenvalue weighted by atomic mass is 10.1. The van der Waals surface area contributed by atoms with Gasteiger partial charge in [0.1, 0.15) is 0 Å². The summed E-state index contributed by atoms with van der Waals surface area (Å²) in [6, 6.07) is 9.57. The highest BCUT2D eigenvalue weighted by atomic mass is 32.2. The third kappa shape index (κ3) is 5.31. The van der Waals surface area contributed by atoms with Crippen molar-refractivity contribution in [3.8, 4) is 0 Å². The summed E-state index contributed by atoms with van der Waals surface area (Å²) in [5.74, 6) is 0. The number of sulfonamides is 1. The van der Waals surface area contributed by atoms with Crippen molar-refractivity contribution in [3.05, 3.63) is 35.9 Å². The standard InChI is InChI=1S/C15H23N3O3S/c1-22(20,21)18-11-5-8-14(12-18)17-15(19)16-10-9-13-6-3-2-4-7-13/h2-4,6-7,14H,5,8-12H2,1H3,(H2,16,17,19). The van der Waals surface area contributed by atoms with E-state index in [-0.39, 0.29) is 12.1 Å². The zero-order chi connectivity index (χ0) is 16.0. The largest absolute Gasteiger partial charge is 0.338 e. The van der Waals surface area contributed by atoms with Crippen LogP contribution in [0.2, 0.25) is 0 Å². The van der Waals surface area contributed by atoms with Crippen LogP contribution in [-0.4, -0.2) is 50.7 Å². The van der Waals surface area contributed by atoms with Crippen molar-refractivity contribution < 1.29 is 13.2 Å². The van der Waals surface area contributed by atoms with E-state index in [1.165, 1.54) is 16.1 Å². The molecule has 1 aromatic carbocycles. The molecule has 0 bridgehead atoms. The van der Waals surface area contributed by atoms with Gasteiger partial charge in [-0.15, -0.1) is 0 Å². The summed E-state index contributed by atoms with van der Waals surface area (Å²) in [5, 5.41) is 5.67. The first-order valence-electron chi connectivity index (χ1n) is 7.48. The molecule has 1 saturated heterocycles. The van der Waals surface area contributed by atoms with Crippen molar-refractivity contribution in [1.29, 1.82) is 0 Å². The fraction of sp³-hybridized carbons (Fsp3) is 0.533. The Morgan fingerprint density at radius 2 is 2.05 bits per heavy atom. The quantitative estimate of drug-likeness (QED) is 0.846. The summed E-state index contributed by atoms with van der Waals surface area (Å²) in [5.41, 5.74) is 1.17. The topological polar surface area (TPSA) is 78.5 Å². The first-order valence-corrected chi connectivity index (χ1v) is 9.33. The van der Waals surface area contributed by atoms with Crippen LogP contribution in [0, 0.1) is 0 Å². The summed E-state index contributed by atoms with van der Waals surface area (Å²) in [6.07, 6.45) is 3.55. The molecule has 1 heterocycles. The zero-order valence-electron chi connectivity index (χ0n) is 12.8. The number of rotatable bonds is 5. The minimum atomic E-state index is -3.19. The van der Waals surface area contributed by atoms with Crippen LogP contribution in [0.4, 0.5) is 4.79 Å². The molecule has 0 radical (unpaired) electrons. The third-order valence-corrected chi connectivity index (χ3v) is 5.00. The van der Waals surface area contributed by atoms with Crippen LogP contribution in [0.25, 0.3) is 0 Å². The second-order valence-electron chi connectivity index (χ2n) is 5.60. The lowest BCUT2D eigenvalue weighted by Crippen LogP contribution is -2.51. The van der Waals surface area contributed by atoms with Gasteiger partial charge in [-0.2, -0.15) is 0 Å². The maximum absolute atomic E-state index is 11.9. The molecule has 1 atom stereocenters. The Morgan fingerprint density at radius 1 is 1.32 bits per heavy atom. The van der Waals surface area contributed by atoms with E-state index in [0.717, 1.165) is 19.3 Å². The molecule has 2 amide bonds. The number of nitrogens with one attached hydrogen (secondary N) is 2. The highest BCUT2D eigenvalue weighted by Crippen LogP contribution is 2.12. The van der Waals surface area contributed by atoms with E-state index < -0.39 is 10.0 Å². The van der Waals surface area contributed by atoms with E-state index in [4.69, 9.17) is 0 Å². The van der Waals surface area contributed by atoms with Gasteiger partial charge in [-0.25, -0.2) is 17.5 Å². The Bertz CT molecular complexity index is 589. The summed E-state index contributed by atoms with van der Waals surface area (Å²) in [4.78, 5) is 11.9. The van der Waals surface area contributed by atoms with Crippen molar-refractivity contribution in [1.82, 2.24) is 14.9 Å². The molecule has 6 nitrogen and oxygen atoms in total. The Kier molecular flexibility index (Phi) is 5.79. The number of hydrogen-bond acceptors (Lipinski definition) is 3. The number of piperidine rings is 1. The highest BCUT2D eigenvalue weighted by molar-refractivity contribution is 7.88. The van der Waals surface area contributed by atoms with Crippen molar-refractivity contribution in [2.45, 2.75) is 25.3 Å². The average molecular weight is 325 g/mol. The van der Waals surface area contributed by atoms with E-state index in [1.807, 2.05) is 30.3 Å². The van der Waals surface area contributed by atoms with Crippen molar-refractivity contribution in [3.63, 3.8) is 0 Å². The summed E-state index contributed by atoms with van der Waals surface area (Å²) >= 11 is 0. The molecule has 0 spiro atoms. The van der Waals surface area contributed by atoms with Crippen LogP contribution in [0.5, 0.6) is 0 Å². The monoisotopic (exact) mass is 325 g/mol. The molecule has 1 fully saturated rings. The van der Waals surface area contributed by atoms with Crippen LogP contribution >= 0.6 is 0 Å². The molecule has 0 saturated carbocycles. The first-order chi connectivity index (χ1) is 10.4. The fourth-order valence-corrected chi connectivity index (χ4v) is 3.47. The van der Waals surface area contributed by atoms with Gasteiger partial charge in [0, 0.05) is 25.7 Å². The number of carbonyl (C=O) groups is 1. The van der Waals surface area contributed by atoms with Crippen LogP contribution < -0.4 is 10.6 Å². The number of amides is 2. The second kappa shape index (κ2) is 7.60. The molecule has 1 unspecified atom stereocenters. The third-order valence-electron chi connectivity index (χ3n) is 3.73.